The summed E-state index contributed by atoms with van der Waals surface area (Å²) in [6, 6.07) is 15.2. The molecule has 0 aliphatic heterocycles. The summed E-state index contributed by atoms with van der Waals surface area (Å²) in [5, 5.41) is 5.17. The second kappa shape index (κ2) is 5.54. The molecule has 0 aliphatic carbocycles. The zero-order chi connectivity index (χ0) is 14.8. The van der Waals surface area contributed by atoms with Crippen LogP contribution >= 0.6 is 11.6 Å². The maximum atomic E-state index is 11.3. The molecule has 0 radical (unpaired) electrons. The van der Waals surface area contributed by atoms with Crippen LogP contribution in [0.25, 0.3) is 16.9 Å². The molecule has 3 rings (SSSR count). The van der Waals surface area contributed by atoms with Gasteiger partial charge in [-0.15, -0.1) is 0 Å². The van der Waals surface area contributed by atoms with E-state index in [4.69, 9.17) is 11.6 Å². The van der Waals surface area contributed by atoms with Crippen LogP contribution in [-0.2, 0) is 0 Å². The first kappa shape index (κ1) is 13.6. The highest BCUT2D eigenvalue weighted by Crippen LogP contribution is 2.25. The van der Waals surface area contributed by atoms with E-state index in [1.165, 1.54) is 0 Å². The van der Waals surface area contributed by atoms with Gasteiger partial charge in [0, 0.05) is 16.8 Å². The normalized spacial score (nSPS) is 10.6. The quantitative estimate of drug-likeness (QED) is 0.675. The van der Waals surface area contributed by atoms with Crippen molar-refractivity contribution in [2.75, 3.05) is 0 Å². The van der Waals surface area contributed by atoms with E-state index in [1.807, 2.05) is 43.3 Å². The number of rotatable bonds is 3. The van der Waals surface area contributed by atoms with Gasteiger partial charge in [-0.1, -0.05) is 41.9 Å². The van der Waals surface area contributed by atoms with E-state index in [9.17, 15) is 4.79 Å². The highest BCUT2D eigenvalue weighted by atomic mass is 35.5. The fourth-order valence-corrected chi connectivity index (χ4v) is 2.47. The molecule has 0 N–H and O–H groups in total. The topological polar surface area (TPSA) is 34.9 Å². The number of carbonyl (C=O) groups is 1. The first-order valence-corrected chi connectivity index (χ1v) is 6.93. The summed E-state index contributed by atoms with van der Waals surface area (Å²) in [6.07, 6.45) is 2.56. The average Bonchev–Trinajstić information content (AvgIpc) is 2.92. The molecule has 3 aromatic rings. The van der Waals surface area contributed by atoms with Crippen LogP contribution < -0.4 is 0 Å². The van der Waals surface area contributed by atoms with Crippen LogP contribution in [0.5, 0.6) is 0 Å². The third kappa shape index (κ3) is 2.60. The molecule has 4 heteroatoms. The molecule has 104 valence electrons. The highest BCUT2D eigenvalue weighted by Gasteiger charge is 2.12. The van der Waals surface area contributed by atoms with E-state index in [0.29, 0.717) is 16.3 Å². The van der Waals surface area contributed by atoms with Crippen LogP contribution in [0.3, 0.4) is 0 Å². The fraction of sp³-hybridized carbons (Fsp3) is 0.0588. The molecule has 1 aromatic heterocycles. The summed E-state index contributed by atoms with van der Waals surface area (Å²) in [5.41, 5.74) is 4.05. The molecule has 3 nitrogen and oxygen atoms in total. The van der Waals surface area contributed by atoms with Crippen LogP contribution in [0.15, 0.2) is 54.7 Å². The average molecular weight is 297 g/mol. The van der Waals surface area contributed by atoms with Gasteiger partial charge in [-0.3, -0.25) is 4.79 Å². The predicted octanol–water partition coefficient (Wildman–Crippen LogP) is 4.31. The van der Waals surface area contributed by atoms with Gasteiger partial charge in [-0.2, -0.15) is 5.10 Å². The van der Waals surface area contributed by atoms with Gasteiger partial charge < -0.3 is 0 Å². The van der Waals surface area contributed by atoms with Crippen molar-refractivity contribution < 1.29 is 4.79 Å². The van der Waals surface area contributed by atoms with Crippen LogP contribution in [0, 0.1) is 6.92 Å². The van der Waals surface area contributed by atoms with Crippen LogP contribution in [0.1, 0.15) is 15.9 Å². The molecule has 0 fully saturated rings. The van der Waals surface area contributed by atoms with Gasteiger partial charge in [0.25, 0.3) is 0 Å². The van der Waals surface area contributed by atoms with E-state index >= 15 is 0 Å². The molecule has 2 aromatic carbocycles. The van der Waals surface area contributed by atoms with E-state index in [-0.39, 0.29) is 0 Å². The molecule has 0 bridgehead atoms. The van der Waals surface area contributed by atoms with Gasteiger partial charge >= 0.3 is 0 Å². The van der Waals surface area contributed by atoms with Gasteiger partial charge in [0.2, 0.25) is 0 Å². The maximum absolute atomic E-state index is 11.3. The Morgan fingerprint density at radius 3 is 2.67 bits per heavy atom. The van der Waals surface area contributed by atoms with Gasteiger partial charge in [0.05, 0.1) is 11.3 Å². The van der Waals surface area contributed by atoms with Crippen molar-refractivity contribution in [3.05, 3.63) is 70.9 Å². The second-order valence-electron chi connectivity index (χ2n) is 4.79. The van der Waals surface area contributed by atoms with E-state index in [2.05, 4.69) is 5.10 Å². The minimum Gasteiger partial charge on any atom is -0.298 e. The Morgan fingerprint density at radius 2 is 1.95 bits per heavy atom. The summed E-state index contributed by atoms with van der Waals surface area (Å²) >= 11 is 6.02. The van der Waals surface area contributed by atoms with Crippen molar-refractivity contribution in [1.29, 1.82) is 0 Å². The third-order valence-electron chi connectivity index (χ3n) is 3.33. The lowest BCUT2D eigenvalue weighted by Gasteiger charge is -2.04. The lowest BCUT2D eigenvalue weighted by atomic mass is 10.1. The predicted molar refractivity (Wildman–Crippen MR) is 84.1 cm³/mol. The van der Waals surface area contributed by atoms with Gasteiger partial charge in [0.1, 0.15) is 5.69 Å². The molecule has 0 saturated heterocycles. The van der Waals surface area contributed by atoms with Gasteiger partial charge in [0.15, 0.2) is 6.29 Å². The standard InChI is InChI=1S/C17H13ClN2O/c1-12-5-2-3-8-16(12)20-10-14(11-21)17(19-20)13-6-4-7-15(18)9-13/h2-11H,1H3. The molecule has 0 atom stereocenters. The lowest BCUT2D eigenvalue weighted by molar-refractivity contribution is 0.112. The number of carbonyl (C=O) groups excluding carboxylic acids is 1. The molecule has 0 amide bonds. The molecular weight excluding hydrogens is 284 g/mol. The largest absolute Gasteiger partial charge is 0.298 e. The number of para-hydroxylation sites is 1. The number of aldehydes is 1. The molecular formula is C17H13ClN2O. The molecule has 21 heavy (non-hydrogen) atoms. The second-order valence-corrected chi connectivity index (χ2v) is 5.23. The van der Waals surface area contributed by atoms with Gasteiger partial charge in [-0.25, -0.2) is 4.68 Å². The molecule has 0 aliphatic rings. The summed E-state index contributed by atoms with van der Waals surface area (Å²) in [7, 11) is 0. The molecule has 0 saturated carbocycles. The molecule has 1 heterocycles. The van der Waals surface area contributed by atoms with Gasteiger partial charge in [-0.05, 0) is 30.7 Å². The van der Waals surface area contributed by atoms with E-state index in [0.717, 1.165) is 23.1 Å². The fourth-order valence-electron chi connectivity index (χ4n) is 2.28. The number of aryl methyl sites for hydroxylation is 1. The molecule has 0 unspecified atom stereocenters. The minimum atomic E-state index is 0.542. The first-order valence-electron chi connectivity index (χ1n) is 6.56. The van der Waals surface area contributed by atoms with E-state index < -0.39 is 0 Å². The Hall–Kier alpha value is -2.39. The number of aromatic nitrogens is 2. The zero-order valence-corrected chi connectivity index (χ0v) is 12.2. The summed E-state index contributed by atoms with van der Waals surface area (Å²) < 4.78 is 1.73. The van der Waals surface area contributed by atoms with Crippen molar-refractivity contribution in [2.45, 2.75) is 6.92 Å². The number of nitrogens with zero attached hydrogens (tertiary/aromatic N) is 2. The van der Waals surface area contributed by atoms with Crippen molar-refractivity contribution in [3.8, 4) is 16.9 Å². The van der Waals surface area contributed by atoms with Crippen molar-refractivity contribution in [3.63, 3.8) is 0 Å². The Morgan fingerprint density at radius 1 is 1.14 bits per heavy atom. The monoisotopic (exact) mass is 296 g/mol. The number of hydrogen-bond donors (Lipinski definition) is 0. The van der Waals surface area contributed by atoms with Crippen molar-refractivity contribution in [2.24, 2.45) is 0 Å². The third-order valence-corrected chi connectivity index (χ3v) is 3.56. The Labute approximate surface area is 127 Å². The number of hydrogen-bond acceptors (Lipinski definition) is 2. The molecule has 0 spiro atoms. The number of benzene rings is 2. The zero-order valence-electron chi connectivity index (χ0n) is 11.5. The van der Waals surface area contributed by atoms with Crippen molar-refractivity contribution >= 4 is 17.9 Å². The summed E-state index contributed by atoms with van der Waals surface area (Å²) in [5.74, 6) is 0. The maximum Gasteiger partial charge on any atom is 0.153 e. The van der Waals surface area contributed by atoms with Crippen molar-refractivity contribution in [1.82, 2.24) is 9.78 Å². The highest BCUT2D eigenvalue weighted by molar-refractivity contribution is 6.30. The summed E-state index contributed by atoms with van der Waals surface area (Å²) in [6.45, 7) is 2.01. The lowest BCUT2D eigenvalue weighted by Crippen LogP contribution is -1.97. The number of halogens is 1. The SMILES string of the molecule is Cc1ccccc1-n1cc(C=O)c(-c2cccc(Cl)c2)n1. The van der Waals surface area contributed by atoms with Crippen LogP contribution in [0.2, 0.25) is 5.02 Å². The first-order chi connectivity index (χ1) is 10.2. The van der Waals surface area contributed by atoms with Crippen LogP contribution in [-0.4, -0.2) is 16.1 Å². The van der Waals surface area contributed by atoms with E-state index in [1.54, 1.807) is 23.0 Å². The minimum absolute atomic E-state index is 0.542. The summed E-state index contributed by atoms with van der Waals surface area (Å²) in [4.78, 5) is 11.3. The Balaban J connectivity index is 2.15. The Bertz CT molecular complexity index is 808. The smallest absolute Gasteiger partial charge is 0.153 e. The van der Waals surface area contributed by atoms with Crippen LogP contribution in [0.4, 0.5) is 0 Å². The Kier molecular flexibility index (Phi) is 3.59.